The first-order valence-electron chi connectivity index (χ1n) is 5.67. The van der Waals surface area contributed by atoms with Gasteiger partial charge in [0.15, 0.2) is 5.65 Å². The van der Waals surface area contributed by atoms with Crippen LogP contribution in [0.3, 0.4) is 0 Å². The van der Waals surface area contributed by atoms with Crippen LogP contribution in [0.4, 0.5) is 4.39 Å². The minimum absolute atomic E-state index is 0.0632. The number of aliphatic hydroxyl groups is 2. The molecule has 9 heteroatoms. The molecule has 8 nitrogen and oxygen atoms in total. The molecule has 2 aromatic rings. The number of hydrogen-bond donors (Lipinski definition) is 3. The maximum absolute atomic E-state index is 13.1. The highest BCUT2D eigenvalue weighted by atomic mass is 19.1. The number of hydrogen-bond acceptors (Lipinski definition) is 6. The molecular formula is C10H11FN4O4. The summed E-state index contributed by atoms with van der Waals surface area (Å²) in [5.74, 6) is 0. The number of aliphatic hydroxyl groups excluding tert-OH is 2. The van der Waals surface area contributed by atoms with Crippen LogP contribution in [0, 0.1) is 6.08 Å². The van der Waals surface area contributed by atoms with E-state index in [1.807, 2.05) is 0 Å². The van der Waals surface area contributed by atoms with Crippen molar-refractivity contribution in [2.24, 2.45) is 0 Å². The molecule has 0 spiro atoms. The first-order chi connectivity index (χ1) is 9.10. The van der Waals surface area contributed by atoms with E-state index in [1.54, 1.807) is 0 Å². The lowest BCUT2D eigenvalue weighted by atomic mass is 10.2. The second-order valence-electron chi connectivity index (χ2n) is 4.29. The molecule has 0 aromatic carbocycles. The zero-order chi connectivity index (χ0) is 13.6. The van der Waals surface area contributed by atoms with E-state index >= 15 is 0 Å². The molecule has 3 atom stereocenters. The highest BCUT2D eigenvalue weighted by molar-refractivity contribution is 5.69. The molecule has 0 saturated carbocycles. The van der Waals surface area contributed by atoms with E-state index in [9.17, 15) is 14.3 Å². The predicted octanol–water partition coefficient (Wildman–Crippen LogP) is -1.10. The zero-order valence-electron chi connectivity index (χ0n) is 9.65. The summed E-state index contributed by atoms with van der Waals surface area (Å²) in [4.78, 5) is 21.2. The van der Waals surface area contributed by atoms with Gasteiger partial charge in [-0.25, -0.2) is 14.3 Å². The van der Waals surface area contributed by atoms with Gasteiger partial charge in [0.1, 0.15) is 17.8 Å². The summed E-state index contributed by atoms with van der Waals surface area (Å²) in [6, 6.07) is 0. The van der Waals surface area contributed by atoms with Crippen molar-refractivity contribution in [3.8, 4) is 0 Å². The molecule has 1 aliphatic heterocycles. The van der Waals surface area contributed by atoms with Gasteiger partial charge in [-0.3, -0.25) is 0 Å². The van der Waals surface area contributed by atoms with Crippen molar-refractivity contribution in [3.63, 3.8) is 0 Å². The van der Waals surface area contributed by atoms with Crippen LogP contribution in [0.25, 0.3) is 11.2 Å². The Morgan fingerprint density at radius 3 is 3.11 bits per heavy atom. The lowest BCUT2D eigenvalue weighted by Crippen LogP contribution is -2.25. The van der Waals surface area contributed by atoms with Crippen molar-refractivity contribution in [3.05, 3.63) is 22.8 Å². The van der Waals surface area contributed by atoms with Crippen LogP contribution >= 0.6 is 0 Å². The summed E-state index contributed by atoms with van der Waals surface area (Å²) >= 11 is 0. The molecule has 0 bridgehead atoms. The van der Waals surface area contributed by atoms with Gasteiger partial charge in [-0.05, 0) is 0 Å². The summed E-state index contributed by atoms with van der Waals surface area (Å²) in [5.41, 5.74) is -0.198. The van der Waals surface area contributed by atoms with E-state index < -0.39 is 30.2 Å². The maximum atomic E-state index is 13.1. The van der Waals surface area contributed by atoms with Crippen LogP contribution in [0.1, 0.15) is 12.6 Å². The third kappa shape index (κ3) is 1.91. The molecular weight excluding hydrogens is 259 g/mol. The van der Waals surface area contributed by atoms with Crippen LogP contribution in [0.2, 0.25) is 0 Å². The monoisotopic (exact) mass is 270 g/mol. The van der Waals surface area contributed by atoms with E-state index in [2.05, 4.69) is 15.0 Å². The number of imidazole rings is 1. The van der Waals surface area contributed by atoms with E-state index in [0.29, 0.717) is 0 Å². The van der Waals surface area contributed by atoms with Gasteiger partial charge in [-0.15, -0.1) is 0 Å². The number of nitrogens with one attached hydrogen (secondary N) is 1. The fourth-order valence-corrected chi connectivity index (χ4v) is 2.20. The second kappa shape index (κ2) is 4.37. The van der Waals surface area contributed by atoms with Crippen LogP contribution < -0.4 is 5.69 Å². The number of nitrogens with zero attached hydrogens (tertiary/aromatic N) is 3. The van der Waals surface area contributed by atoms with Crippen molar-refractivity contribution in [2.75, 3.05) is 6.61 Å². The number of fused-ring (bicyclic) bond motifs is 1. The Hall–Kier alpha value is -1.84. The van der Waals surface area contributed by atoms with Crippen LogP contribution in [0.15, 0.2) is 11.0 Å². The van der Waals surface area contributed by atoms with Gasteiger partial charge < -0.3 is 19.9 Å². The summed E-state index contributed by atoms with van der Waals surface area (Å²) in [6.45, 7) is -0.363. The maximum Gasteiger partial charge on any atom is 0.329 e. The Kier molecular flexibility index (Phi) is 2.81. The average molecular weight is 270 g/mol. The van der Waals surface area contributed by atoms with Crippen LogP contribution in [0.5, 0.6) is 0 Å². The quantitative estimate of drug-likeness (QED) is 0.597. The third-order valence-electron chi connectivity index (χ3n) is 3.10. The number of halogens is 1. The number of aromatic nitrogens is 4. The molecule has 102 valence electrons. The number of H-pyrrole nitrogens is 1. The Bertz CT molecular complexity index is 669. The topological polar surface area (TPSA) is 113 Å². The van der Waals surface area contributed by atoms with E-state index in [4.69, 9.17) is 9.84 Å². The Morgan fingerprint density at radius 2 is 2.42 bits per heavy atom. The van der Waals surface area contributed by atoms with Gasteiger partial charge in [0.25, 0.3) is 0 Å². The third-order valence-corrected chi connectivity index (χ3v) is 3.10. The summed E-state index contributed by atoms with van der Waals surface area (Å²) in [6.07, 6.45) is -2.15. The van der Waals surface area contributed by atoms with Crippen LogP contribution in [-0.4, -0.2) is 48.5 Å². The van der Waals surface area contributed by atoms with E-state index in [0.717, 1.165) is 10.8 Å². The van der Waals surface area contributed by atoms with Gasteiger partial charge in [0, 0.05) is 6.42 Å². The molecule has 3 rings (SSSR count). The fourth-order valence-electron chi connectivity index (χ4n) is 2.20. The predicted molar refractivity (Wildman–Crippen MR) is 59.7 cm³/mol. The zero-order valence-corrected chi connectivity index (χ0v) is 9.65. The molecule has 19 heavy (non-hydrogen) atoms. The first kappa shape index (κ1) is 12.2. The summed E-state index contributed by atoms with van der Waals surface area (Å²) < 4.78 is 19.5. The molecule has 0 unspecified atom stereocenters. The molecule has 3 N–H and O–H groups in total. The molecule has 0 amide bonds. The normalized spacial score (nSPS) is 27.2. The van der Waals surface area contributed by atoms with Crippen molar-refractivity contribution < 1.29 is 19.3 Å². The molecule has 2 aromatic heterocycles. The highest BCUT2D eigenvalue weighted by Crippen LogP contribution is 2.29. The van der Waals surface area contributed by atoms with Gasteiger partial charge in [-0.2, -0.15) is 9.37 Å². The second-order valence-corrected chi connectivity index (χ2v) is 4.29. The Morgan fingerprint density at radius 1 is 1.63 bits per heavy atom. The van der Waals surface area contributed by atoms with Gasteiger partial charge in [0.05, 0.1) is 18.9 Å². The lowest BCUT2D eigenvalue weighted by Gasteiger charge is -2.12. The SMILES string of the molecule is O=c1[nH]c2cnc(F)nc2n1[C@@H]1C[C@@H](O)[C@H](CO)O1. The summed E-state index contributed by atoms with van der Waals surface area (Å²) in [7, 11) is 0. The van der Waals surface area contributed by atoms with E-state index in [-0.39, 0.29) is 24.2 Å². The minimum Gasteiger partial charge on any atom is -0.394 e. The van der Waals surface area contributed by atoms with Gasteiger partial charge >= 0.3 is 11.8 Å². The minimum atomic E-state index is -0.961. The molecule has 1 saturated heterocycles. The van der Waals surface area contributed by atoms with Crippen molar-refractivity contribution in [1.29, 1.82) is 0 Å². The Balaban J connectivity index is 2.08. The molecule has 3 heterocycles. The lowest BCUT2D eigenvalue weighted by molar-refractivity contribution is -0.0441. The van der Waals surface area contributed by atoms with Crippen molar-refractivity contribution in [1.82, 2.24) is 19.5 Å². The number of ether oxygens (including phenoxy) is 1. The standard InChI is InChI=1S/C10H11FN4O4/c11-9-12-2-4-8(14-9)15(10(18)13-4)7-1-5(17)6(3-16)19-7/h2,5-7,16-17H,1,3H2,(H,13,18)/t5-,6+,7+/m1/s1. The molecule has 1 aliphatic rings. The van der Waals surface area contributed by atoms with Crippen molar-refractivity contribution >= 4 is 11.2 Å². The number of aromatic amines is 1. The molecule has 1 fully saturated rings. The number of rotatable bonds is 2. The largest absolute Gasteiger partial charge is 0.394 e. The van der Waals surface area contributed by atoms with Gasteiger partial charge in [0.2, 0.25) is 0 Å². The smallest absolute Gasteiger partial charge is 0.329 e. The van der Waals surface area contributed by atoms with Crippen LogP contribution in [-0.2, 0) is 4.74 Å². The Labute approximate surface area is 105 Å². The average Bonchev–Trinajstić information content (AvgIpc) is 2.88. The van der Waals surface area contributed by atoms with Crippen molar-refractivity contribution in [2.45, 2.75) is 24.9 Å². The molecule has 0 radical (unpaired) electrons. The van der Waals surface area contributed by atoms with E-state index in [1.165, 1.54) is 0 Å². The molecule has 0 aliphatic carbocycles. The fraction of sp³-hybridized carbons (Fsp3) is 0.500. The summed E-state index contributed by atoms with van der Waals surface area (Å²) in [5, 5.41) is 18.7. The highest BCUT2D eigenvalue weighted by Gasteiger charge is 2.36. The van der Waals surface area contributed by atoms with Gasteiger partial charge in [-0.1, -0.05) is 0 Å². The first-order valence-corrected chi connectivity index (χ1v) is 5.67.